The first kappa shape index (κ1) is 19.8. The van der Waals surface area contributed by atoms with Crippen molar-refractivity contribution in [2.75, 3.05) is 0 Å². The molecule has 30 heavy (non-hydrogen) atoms. The van der Waals surface area contributed by atoms with Gasteiger partial charge in [0.15, 0.2) is 0 Å². The van der Waals surface area contributed by atoms with Crippen molar-refractivity contribution in [1.29, 1.82) is 10.5 Å². The fourth-order valence-electron chi connectivity index (χ4n) is 3.24. The Bertz CT molecular complexity index is 1260. The summed E-state index contributed by atoms with van der Waals surface area (Å²) in [5, 5.41) is 31.4. The molecule has 0 unspecified atom stereocenters. The van der Waals surface area contributed by atoms with Crippen molar-refractivity contribution in [2.24, 2.45) is 0 Å². The fourth-order valence-corrected chi connectivity index (χ4v) is 5.07. The molecule has 1 N–H and O–H groups in total. The second-order valence-corrected chi connectivity index (χ2v) is 8.42. The number of thiophene rings is 2. The number of allylic oxidation sites excluding steroid dienone is 1. The van der Waals surface area contributed by atoms with E-state index in [1.165, 1.54) is 20.9 Å². The summed E-state index contributed by atoms with van der Waals surface area (Å²) in [4.78, 5) is 2.38. The van der Waals surface area contributed by atoms with Crippen LogP contribution >= 0.6 is 22.7 Å². The molecular weight excluding hydrogens is 408 g/mol. The molecule has 0 aliphatic carbocycles. The van der Waals surface area contributed by atoms with Gasteiger partial charge in [-0.25, -0.2) is 0 Å². The second-order valence-electron chi connectivity index (χ2n) is 6.59. The second kappa shape index (κ2) is 8.90. The maximum absolute atomic E-state index is 9.29. The van der Waals surface area contributed by atoms with Crippen LogP contribution in [0.25, 0.3) is 38.1 Å². The first-order valence-corrected chi connectivity index (χ1v) is 11.0. The SMILES string of the molecule is N#CC(C#N)=Cc1ccc(-c2sccc2-c2ccsc2-c2ccc(CO)cc2)cc1. The highest BCUT2D eigenvalue weighted by Gasteiger charge is 2.15. The molecule has 0 aliphatic rings. The Morgan fingerprint density at radius 2 is 1.27 bits per heavy atom. The lowest BCUT2D eigenvalue weighted by atomic mass is 9.99. The molecule has 0 saturated heterocycles. The number of nitriles is 2. The van der Waals surface area contributed by atoms with E-state index in [-0.39, 0.29) is 12.2 Å². The molecule has 0 atom stereocenters. The van der Waals surface area contributed by atoms with E-state index in [0.717, 1.165) is 22.3 Å². The molecule has 2 heterocycles. The Balaban J connectivity index is 1.70. The van der Waals surface area contributed by atoms with Crippen LogP contribution in [0.3, 0.4) is 0 Å². The minimum Gasteiger partial charge on any atom is -0.392 e. The highest BCUT2D eigenvalue weighted by atomic mass is 32.1. The summed E-state index contributed by atoms with van der Waals surface area (Å²) in [6.07, 6.45) is 1.59. The molecule has 0 amide bonds. The Hall–Kier alpha value is -3.48. The van der Waals surface area contributed by atoms with E-state index in [4.69, 9.17) is 10.5 Å². The highest BCUT2D eigenvalue weighted by molar-refractivity contribution is 7.15. The molecule has 0 bridgehead atoms. The van der Waals surface area contributed by atoms with Gasteiger partial charge in [-0.15, -0.1) is 22.7 Å². The van der Waals surface area contributed by atoms with Crippen molar-refractivity contribution in [3.63, 3.8) is 0 Å². The number of nitrogens with zero attached hydrogens (tertiary/aromatic N) is 2. The minimum absolute atomic E-state index is 0.0433. The Labute approximate surface area is 183 Å². The monoisotopic (exact) mass is 424 g/mol. The zero-order valence-electron chi connectivity index (χ0n) is 15.9. The quantitative estimate of drug-likeness (QED) is 0.361. The maximum Gasteiger partial charge on any atom is 0.130 e. The summed E-state index contributed by atoms with van der Waals surface area (Å²) in [5.74, 6) is 0. The van der Waals surface area contributed by atoms with Gasteiger partial charge in [-0.1, -0.05) is 48.5 Å². The van der Waals surface area contributed by atoms with E-state index in [1.807, 2.05) is 48.5 Å². The summed E-state index contributed by atoms with van der Waals surface area (Å²) in [7, 11) is 0. The van der Waals surface area contributed by atoms with Crippen LogP contribution in [0.5, 0.6) is 0 Å². The number of benzene rings is 2. The average molecular weight is 425 g/mol. The molecule has 0 saturated carbocycles. The van der Waals surface area contributed by atoms with E-state index in [2.05, 4.69) is 35.0 Å². The molecule has 0 fully saturated rings. The largest absolute Gasteiger partial charge is 0.392 e. The lowest BCUT2D eigenvalue weighted by molar-refractivity contribution is 0.282. The van der Waals surface area contributed by atoms with Gasteiger partial charge in [-0.3, -0.25) is 0 Å². The molecule has 2 aromatic carbocycles. The number of rotatable bonds is 5. The van der Waals surface area contributed by atoms with Gasteiger partial charge >= 0.3 is 0 Å². The van der Waals surface area contributed by atoms with E-state index in [1.54, 1.807) is 28.7 Å². The van der Waals surface area contributed by atoms with Gasteiger partial charge in [0, 0.05) is 20.9 Å². The third-order valence-electron chi connectivity index (χ3n) is 4.74. The van der Waals surface area contributed by atoms with E-state index >= 15 is 0 Å². The van der Waals surface area contributed by atoms with E-state index in [9.17, 15) is 5.11 Å². The highest BCUT2D eigenvalue weighted by Crippen LogP contribution is 2.43. The molecule has 0 radical (unpaired) electrons. The first-order chi connectivity index (χ1) is 14.7. The van der Waals surface area contributed by atoms with Crippen LogP contribution in [-0.4, -0.2) is 5.11 Å². The van der Waals surface area contributed by atoms with E-state index < -0.39 is 0 Å². The molecule has 144 valence electrons. The first-order valence-electron chi connectivity index (χ1n) is 9.21. The zero-order chi connectivity index (χ0) is 20.9. The summed E-state index contributed by atoms with van der Waals surface area (Å²) in [6, 6.07) is 24.0. The van der Waals surface area contributed by atoms with Crippen molar-refractivity contribution in [3.8, 4) is 44.1 Å². The Morgan fingerprint density at radius 1 is 0.767 bits per heavy atom. The van der Waals surface area contributed by atoms with Crippen molar-refractivity contribution >= 4 is 28.7 Å². The molecule has 4 rings (SSSR count). The fraction of sp³-hybridized carbons (Fsp3) is 0.0400. The topological polar surface area (TPSA) is 67.8 Å². The molecule has 4 aromatic rings. The molecule has 3 nitrogen and oxygen atoms in total. The van der Waals surface area contributed by atoms with Crippen molar-refractivity contribution < 1.29 is 5.11 Å². The van der Waals surface area contributed by atoms with Gasteiger partial charge in [0.05, 0.1) is 6.61 Å². The summed E-state index contributed by atoms with van der Waals surface area (Å²) >= 11 is 3.40. The molecule has 5 heteroatoms. The minimum atomic E-state index is 0.0433. The van der Waals surface area contributed by atoms with Crippen LogP contribution in [0.1, 0.15) is 11.1 Å². The number of hydrogen-bond donors (Lipinski definition) is 1. The maximum atomic E-state index is 9.29. The lowest BCUT2D eigenvalue weighted by Crippen LogP contribution is -1.84. The van der Waals surface area contributed by atoms with Crippen LogP contribution in [0.2, 0.25) is 0 Å². The van der Waals surface area contributed by atoms with Gasteiger partial charge in [-0.05, 0) is 51.2 Å². The van der Waals surface area contributed by atoms with Crippen LogP contribution in [-0.2, 0) is 6.61 Å². The standard InChI is InChI=1S/C25H16N2OS2/c26-14-19(15-27)13-17-1-5-20(6-2-17)24-22(9-11-29-24)23-10-12-30-25(23)21-7-3-18(16-28)4-8-21/h1-13,28H,16H2. The zero-order valence-corrected chi connectivity index (χ0v) is 17.5. The van der Waals surface area contributed by atoms with Gasteiger partial charge in [-0.2, -0.15) is 10.5 Å². The summed E-state index contributed by atoms with van der Waals surface area (Å²) in [6.45, 7) is 0.0433. The predicted molar refractivity (Wildman–Crippen MR) is 124 cm³/mol. The molecule has 0 aliphatic heterocycles. The van der Waals surface area contributed by atoms with Gasteiger partial charge in [0.25, 0.3) is 0 Å². The van der Waals surface area contributed by atoms with Crippen LogP contribution < -0.4 is 0 Å². The smallest absolute Gasteiger partial charge is 0.130 e. The number of aliphatic hydroxyl groups excluding tert-OH is 1. The van der Waals surface area contributed by atoms with Gasteiger partial charge in [0.2, 0.25) is 0 Å². The number of hydrogen-bond acceptors (Lipinski definition) is 5. The summed E-state index contributed by atoms with van der Waals surface area (Å²) < 4.78 is 0. The average Bonchev–Trinajstić information content (AvgIpc) is 3.47. The Morgan fingerprint density at radius 3 is 1.73 bits per heavy atom. The third-order valence-corrected chi connectivity index (χ3v) is 6.67. The van der Waals surface area contributed by atoms with Crippen LogP contribution in [0.15, 0.2) is 77.0 Å². The van der Waals surface area contributed by atoms with Crippen molar-refractivity contribution in [1.82, 2.24) is 0 Å². The van der Waals surface area contributed by atoms with Crippen LogP contribution in [0, 0.1) is 22.7 Å². The Kier molecular flexibility index (Phi) is 5.88. The van der Waals surface area contributed by atoms with Gasteiger partial charge in [0.1, 0.15) is 17.7 Å². The lowest BCUT2D eigenvalue weighted by Gasteiger charge is -2.08. The molecular formula is C25H16N2OS2. The summed E-state index contributed by atoms with van der Waals surface area (Å²) in [5.41, 5.74) is 6.42. The van der Waals surface area contributed by atoms with Crippen molar-refractivity contribution in [3.05, 3.63) is 88.1 Å². The normalized spacial score (nSPS) is 10.2. The van der Waals surface area contributed by atoms with Crippen molar-refractivity contribution in [2.45, 2.75) is 6.61 Å². The predicted octanol–water partition coefficient (Wildman–Crippen LogP) is 6.73. The number of aliphatic hydroxyl groups is 1. The van der Waals surface area contributed by atoms with Gasteiger partial charge < -0.3 is 5.11 Å². The third kappa shape index (κ3) is 3.96. The molecule has 2 aromatic heterocycles. The van der Waals surface area contributed by atoms with E-state index in [0.29, 0.717) is 0 Å². The molecule has 0 spiro atoms. The van der Waals surface area contributed by atoms with Crippen LogP contribution in [0.4, 0.5) is 0 Å².